The van der Waals surface area contributed by atoms with Gasteiger partial charge in [-0.3, -0.25) is 4.79 Å². The van der Waals surface area contributed by atoms with Gasteiger partial charge in [0.15, 0.2) is 0 Å². The van der Waals surface area contributed by atoms with Crippen LogP contribution in [0.2, 0.25) is 0 Å². The molecule has 3 heteroatoms. The molecule has 70 valence electrons. The molecule has 1 aliphatic carbocycles. The molecule has 3 atom stereocenters. The van der Waals surface area contributed by atoms with E-state index < -0.39 is 10.7 Å². The van der Waals surface area contributed by atoms with E-state index in [4.69, 9.17) is 5.11 Å². The smallest absolute Gasteiger partial charge is 0.320 e. The summed E-state index contributed by atoms with van der Waals surface area (Å²) in [5.74, 6) is -0.269. The van der Waals surface area contributed by atoms with E-state index in [2.05, 4.69) is 13.8 Å². The Hall–Kier alpha value is -0.180. The minimum atomic E-state index is -0.625. The molecule has 0 aromatic carbocycles. The Bertz CT molecular complexity index is 193. The Morgan fingerprint density at radius 1 is 1.83 bits per heavy atom. The highest BCUT2D eigenvalue weighted by Gasteiger charge is 2.58. The van der Waals surface area contributed by atoms with E-state index in [-0.39, 0.29) is 0 Å². The molecule has 1 N–H and O–H groups in total. The first-order valence-electron chi connectivity index (χ1n) is 4.44. The van der Waals surface area contributed by atoms with Gasteiger partial charge < -0.3 is 5.11 Å². The maximum Gasteiger partial charge on any atom is 0.320 e. The zero-order valence-corrected chi connectivity index (χ0v) is 8.65. The molecule has 2 nitrogen and oxygen atoms in total. The SMILES string of the molecule is CCC(C)SC1(C(=O)O)CC1C. The van der Waals surface area contributed by atoms with E-state index in [0.717, 1.165) is 12.8 Å². The minimum absolute atomic E-state index is 0.356. The second kappa shape index (κ2) is 3.29. The van der Waals surface area contributed by atoms with Crippen LogP contribution in [-0.4, -0.2) is 21.1 Å². The first-order chi connectivity index (χ1) is 5.53. The van der Waals surface area contributed by atoms with Crippen LogP contribution in [0.4, 0.5) is 0 Å². The van der Waals surface area contributed by atoms with Crippen molar-refractivity contribution >= 4 is 17.7 Å². The molecule has 1 fully saturated rings. The summed E-state index contributed by atoms with van der Waals surface area (Å²) in [7, 11) is 0. The number of carboxylic acid groups (broad SMARTS) is 1. The molecule has 3 unspecified atom stereocenters. The number of carboxylic acids is 1. The lowest BCUT2D eigenvalue weighted by molar-refractivity contribution is -0.137. The Morgan fingerprint density at radius 3 is 2.58 bits per heavy atom. The Morgan fingerprint density at radius 2 is 2.33 bits per heavy atom. The summed E-state index contributed by atoms with van der Waals surface area (Å²) >= 11 is 1.63. The van der Waals surface area contributed by atoms with E-state index >= 15 is 0 Å². The van der Waals surface area contributed by atoms with E-state index in [0.29, 0.717) is 11.2 Å². The average molecular weight is 188 g/mol. The summed E-state index contributed by atoms with van der Waals surface area (Å²) in [6, 6.07) is 0. The molecule has 0 radical (unpaired) electrons. The second-order valence-corrected chi connectivity index (χ2v) is 5.41. The van der Waals surface area contributed by atoms with E-state index in [1.54, 1.807) is 11.8 Å². The van der Waals surface area contributed by atoms with Gasteiger partial charge in [-0.15, -0.1) is 11.8 Å². The molecule has 0 heterocycles. The number of rotatable bonds is 4. The highest BCUT2D eigenvalue weighted by atomic mass is 32.2. The van der Waals surface area contributed by atoms with Gasteiger partial charge in [0, 0.05) is 5.25 Å². The zero-order valence-electron chi connectivity index (χ0n) is 7.83. The summed E-state index contributed by atoms with van der Waals surface area (Å²) < 4.78 is -0.435. The molecular weight excluding hydrogens is 172 g/mol. The number of carbonyl (C=O) groups is 1. The lowest BCUT2D eigenvalue weighted by Crippen LogP contribution is -2.22. The Balaban J connectivity index is 2.53. The van der Waals surface area contributed by atoms with Crippen LogP contribution < -0.4 is 0 Å². The van der Waals surface area contributed by atoms with Crippen molar-refractivity contribution in [2.45, 2.75) is 43.6 Å². The zero-order chi connectivity index (χ0) is 9.35. The van der Waals surface area contributed by atoms with Gasteiger partial charge in [-0.05, 0) is 18.8 Å². The third-order valence-electron chi connectivity index (χ3n) is 2.59. The fraction of sp³-hybridized carbons (Fsp3) is 0.889. The predicted octanol–water partition coefficient (Wildman–Crippen LogP) is 2.38. The maximum absolute atomic E-state index is 10.9. The first kappa shape index (κ1) is 9.90. The molecule has 0 aromatic heterocycles. The first-order valence-corrected chi connectivity index (χ1v) is 5.32. The molecule has 0 spiro atoms. The summed E-state index contributed by atoms with van der Waals surface area (Å²) in [6.07, 6.45) is 1.89. The summed E-state index contributed by atoms with van der Waals surface area (Å²) in [5, 5.41) is 9.46. The van der Waals surface area contributed by atoms with Gasteiger partial charge in [0.25, 0.3) is 0 Å². The van der Waals surface area contributed by atoms with Gasteiger partial charge in [-0.2, -0.15) is 0 Å². The van der Waals surface area contributed by atoms with Crippen LogP contribution in [0.3, 0.4) is 0 Å². The average Bonchev–Trinajstić information content (AvgIpc) is 2.63. The largest absolute Gasteiger partial charge is 0.480 e. The van der Waals surface area contributed by atoms with Gasteiger partial charge in [0.1, 0.15) is 4.75 Å². The topological polar surface area (TPSA) is 37.3 Å². The van der Waals surface area contributed by atoms with Gasteiger partial charge in [-0.1, -0.05) is 20.8 Å². The standard InChI is InChI=1S/C9H16O2S/c1-4-7(3)12-9(8(10)11)5-6(9)2/h6-7H,4-5H2,1-3H3,(H,10,11). The lowest BCUT2D eigenvalue weighted by Gasteiger charge is -2.15. The van der Waals surface area contributed by atoms with Crippen LogP contribution in [0, 0.1) is 5.92 Å². The fourth-order valence-corrected chi connectivity index (χ4v) is 2.92. The Labute approximate surface area is 77.7 Å². The van der Waals surface area contributed by atoms with Crippen molar-refractivity contribution in [2.75, 3.05) is 0 Å². The summed E-state index contributed by atoms with van der Waals surface area (Å²) in [4.78, 5) is 10.9. The molecule has 1 aliphatic rings. The molecular formula is C9H16O2S. The quantitative estimate of drug-likeness (QED) is 0.736. The van der Waals surface area contributed by atoms with Crippen LogP contribution in [0.25, 0.3) is 0 Å². The second-order valence-electron chi connectivity index (χ2n) is 3.64. The predicted molar refractivity (Wildman–Crippen MR) is 51.5 cm³/mol. The van der Waals surface area contributed by atoms with E-state index in [1.807, 2.05) is 6.92 Å². The summed E-state index contributed by atoms with van der Waals surface area (Å²) in [5.41, 5.74) is 0. The van der Waals surface area contributed by atoms with Gasteiger partial charge in [0.2, 0.25) is 0 Å². The number of thioether (sulfide) groups is 1. The van der Waals surface area contributed by atoms with Crippen LogP contribution in [0.15, 0.2) is 0 Å². The third kappa shape index (κ3) is 1.60. The Kier molecular flexibility index (Phi) is 2.71. The number of hydrogen-bond acceptors (Lipinski definition) is 2. The number of aliphatic carboxylic acids is 1. The van der Waals surface area contributed by atoms with E-state index in [9.17, 15) is 4.79 Å². The van der Waals surface area contributed by atoms with Crippen molar-refractivity contribution in [2.24, 2.45) is 5.92 Å². The van der Waals surface area contributed by atoms with Crippen molar-refractivity contribution in [3.05, 3.63) is 0 Å². The van der Waals surface area contributed by atoms with Crippen LogP contribution >= 0.6 is 11.8 Å². The molecule has 1 saturated carbocycles. The molecule has 0 saturated heterocycles. The highest BCUT2D eigenvalue weighted by Crippen LogP contribution is 2.55. The molecule has 1 rings (SSSR count). The maximum atomic E-state index is 10.9. The number of hydrogen-bond donors (Lipinski definition) is 1. The monoisotopic (exact) mass is 188 g/mol. The molecule has 0 aromatic rings. The van der Waals surface area contributed by atoms with E-state index in [1.165, 1.54) is 0 Å². The van der Waals surface area contributed by atoms with Crippen molar-refractivity contribution in [1.82, 2.24) is 0 Å². The fourth-order valence-electron chi connectivity index (χ4n) is 1.35. The lowest BCUT2D eigenvalue weighted by atomic mass is 10.3. The van der Waals surface area contributed by atoms with Gasteiger partial charge in [0.05, 0.1) is 0 Å². The highest BCUT2D eigenvalue weighted by molar-refractivity contribution is 8.02. The van der Waals surface area contributed by atoms with Crippen LogP contribution in [-0.2, 0) is 4.79 Å². The van der Waals surface area contributed by atoms with Crippen molar-refractivity contribution in [3.63, 3.8) is 0 Å². The van der Waals surface area contributed by atoms with Crippen molar-refractivity contribution in [3.8, 4) is 0 Å². The van der Waals surface area contributed by atoms with Gasteiger partial charge >= 0.3 is 5.97 Å². The van der Waals surface area contributed by atoms with Crippen LogP contribution in [0.5, 0.6) is 0 Å². The van der Waals surface area contributed by atoms with Crippen LogP contribution in [0.1, 0.15) is 33.6 Å². The molecule has 0 aliphatic heterocycles. The van der Waals surface area contributed by atoms with Gasteiger partial charge in [-0.25, -0.2) is 0 Å². The minimum Gasteiger partial charge on any atom is -0.480 e. The molecule has 0 amide bonds. The van der Waals surface area contributed by atoms with Crippen molar-refractivity contribution < 1.29 is 9.90 Å². The van der Waals surface area contributed by atoms with Crippen molar-refractivity contribution in [1.29, 1.82) is 0 Å². The third-order valence-corrected chi connectivity index (χ3v) is 4.49. The summed E-state index contributed by atoms with van der Waals surface area (Å²) in [6.45, 7) is 6.21. The molecule has 12 heavy (non-hydrogen) atoms. The normalized spacial score (nSPS) is 36.1. The molecule has 0 bridgehead atoms.